The molecule has 0 aliphatic carbocycles. The molecule has 0 bridgehead atoms. The Hall–Kier alpha value is -0.140. The molecule has 1 saturated heterocycles. The molecule has 1 rings (SSSR count). The summed E-state index contributed by atoms with van der Waals surface area (Å²) < 4.78 is 6.56. The highest BCUT2D eigenvalue weighted by Crippen LogP contribution is 2.21. The average Bonchev–Trinajstić information content (AvgIpc) is 2.54. The van der Waals surface area contributed by atoms with Crippen LogP contribution in [0.15, 0.2) is 0 Å². The topological polar surface area (TPSA) is 29.5 Å². The minimum absolute atomic E-state index is 0.0185. The summed E-state index contributed by atoms with van der Waals surface area (Å²) in [5.74, 6) is -0.118. The van der Waals surface area contributed by atoms with Crippen LogP contribution in [0.1, 0.15) is 26.7 Å². The van der Waals surface area contributed by atoms with Gasteiger partial charge in [0, 0.05) is 6.54 Å². The molecular formula is C8H18NO2P. The normalized spacial score (nSPS) is 22.8. The first-order chi connectivity index (χ1) is 5.75. The van der Waals surface area contributed by atoms with Crippen LogP contribution in [-0.2, 0) is 9.53 Å². The van der Waals surface area contributed by atoms with E-state index in [1.807, 2.05) is 18.5 Å². The van der Waals surface area contributed by atoms with E-state index in [0.29, 0.717) is 0 Å². The van der Waals surface area contributed by atoms with Crippen molar-refractivity contribution in [2.45, 2.75) is 32.7 Å². The number of ether oxygens (including phenoxy) is 1. The Balaban J connectivity index is 0.000000561. The van der Waals surface area contributed by atoms with Crippen LogP contribution in [0.5, 0.6) is 0 Å². The molecule has 1 fully saturated rings. The summed E-state index contributed by atoms with van der Waals surface area (Å²) in [6, 6.07) is -0.0185. The fraction of sp³-hybridized carbons (Fsp3) is 0.875. The van der Waals surface area contributed by atoms with Gasteiger partial charge in [-0.25, -0.2) is 0 Å². The van der Waals surface area contributed by atoms with Crippen molar-refractivity contribution in [3.63, 3.8) is 0 Å². The van der Waals surface area contributed by atoms with Gasteiger partial charge >= 0.3 is 5.97 Å². The van der Waals surface area contributed by atoms with Crippen LogP contribution >= 0.6 is 9.39 Å². The maximum absolute atomic E-state index is 10.9. The van der Waals surface area contributed by atoms with Gasteiger partial charge in [0.25, 0.3) is 0 Å². The van der Waals surface area contributed by atoms with E-state index in [9.17, 15) is 4.79 Å². The average molecular weight is 191 g/mol. The lowest BCUT2D eigenvalue weighted by atomic mass is 10.2. The molecule has 0 radical (unpaired) electrons. The van der Waals surface area contributed by atoms with Gasteiger partial charge in [0.2, 0.25) is 0 Å². The van der Waals surface area contributed by atoms with Crippen LogP contribution in [0, 0.1) is 0 Å². The minimum Gasteiger partial charge on any atom is -0.468 e. The Morgan fingerprint density at radius 3 is 2.50 bits per heavy atom. The van der Waals surface area contributed by atoms with Crippen LogP contribution in [0.25, 0.3) is 0 Å². The predicted octanol–water partition coefficient (Wildman–Crippen LogP) is 1.44. The van der Waals surface area contributed by atoms with Gasteiger partial charge in [-0.2, -0.15) is 0 Å². The zero-order valence-corrected chi connectivity index (χ0v) is 9.19. The predicted molar refractivity (Wildman–Crippen MR) is 52.8 cm³/mol. The summed E-state index contributed by atoms with van der Waals surface area (Å²) in [5, 5.41) is 0. The molecule has 0 aromatic rings. The fourth-order valence-electron chi connectivity index (χ4n) is 1.18. The lowest BCUT2D eigenvalue weighted by Gasteiger charge is -2.15. The molecule has 4 heteroatoms. The first-order valence-corrected chi connectivity index (χ1v) is 4.86. The number of hydrogen-bond donors (Lipinski definition) is 0. The van der Waals surface area contributed by atoms with Gasteiger partial charge in [0.15, 0.2) is 0 Å². The summed E-state index contributed by atoms with van der Waals surface area (Å²) in [7, 11) is 3.97. The molecule has 12 heavy (non-hydrogen) atoms. The zero-order valence-electron chi connectivity index (χ0n) is 8.04. The third-order valence-corrected chi connectivity index (χ3v) is 2.39. The van der Waals surface area contributed by atoms with Crippen LogP contribution in [-0.4, -0.2) is 30.3 Å². The number of rotatable bonds is 1. The monoisotopic (exact) mass is 191 g/mol. The summed E-state index contributed by atoms with van der Waals surface area (Å²) in [4.78, 5) is 10.9. The zero-order chi connectivity index (χ0) is 9.56. The summed E-state index contributed by atoms with van der Waals surface area (Å²) in [6.07, 6.45) is 2.01. The van der Waals surface area contributed by atoms with Crippen molar-refractivity contribution in [1.29, 1.82) is 0 Å². The van der Waals surface area contributed by atoms with Crippen molar-refractivity contribution in [3.8, 4) is 0 Å². The molecule has 3 nitrogen and oxygen atoms in total. The largest absolute Gasteiger partial charge is 0.468 e. The van der Waals surface area contributed by atoms with Crippen molar-refractivity contribution >= 4 is 15.4 Å². The molecule has 1 aliphatic heterocycles. The third-order valence-electron chi connectivity index (χ3n) is 1.77. The van der Waals surface area contributed by atoms with Gasteiger partial charge in [-0.1, -0.05) is 23.2 Å². The summed E-state index contributed by atoms with van der Waals surface area (Å²) in [6.45, 7) is 4.98. The highest BCUT2D eigenvalue weighted by atomic mass is 31.0. The van der Waals surface area contributed by atoms with E-state index in [4.69, 9.17) is 0 Å². The second kappa shape index (κ2) is 6.38. The van der Waals surface area contributed by atoms with Crippen LogP contribution in [0.3, 0.4) is 0 Å². The Morgan fingerprint density at radius 1 is 1.58 bits per heavy atom. The first-order valence-electron chi connectivity index (χ1n) is 4.35. The van der Waals surface area contributed by atoms with Gasteiger partial charge in [0.1, 0.15) is 6.04 Å². The molecule has 2 atom stereocenters. The van der Waals surface area contributed by atoms with E-state index >= 15 is 0 Å². The molecule has 0 aromatic carbocycles. The molecule has 0 spiro atoms. The number of carbonyl (C=O) groups is 1. The molecule has 0 amide bonds. The van der Waals surface area contributed by atoms with Crippen molar-refractivity contribution in [2.75, 3.05) is 13.7 Å². The van der Waals surface area contributed by atoms with Gasteiger partial charge in [-0.15, -0.1) is 0 Å². The highest BCUT2D eigenvalue weighted by Gasteiger charge is 2.28. The molecule has 0 aromatic heterocycles. The van der Waals surface area contributed by atoms with Crippen LogP contribution in [0.2, 0.25) is 0 Å². The van der Waals surface area contributed by atoms with Crippen molar-refractivity contribution in [1.82, 2.24) is 4.67 Å². The van der Waals surface area contributed by atoms with E-state index in [1.165, 1.54) is 7.11 Å². The van der Waals surface area contributed by atoms with E-state index in [0.717, 1.165) is 19.4 Å². The standard InChI is InChI=1S/C6H12NO2P.C2H6/c1-9-6(8)5-3-2-4-7(5)10;1-2/h5H,2-4,10H2,1H3;1-2H3/t5-;/m0./s1. The quantitative estimate of drug-likeness (QED) is 0.464. The van der Waals surface area contributed by atoms with Gasteiger partial charge in [-0.05, 0) is 12.8 Å². The third kappa shape index (κ3) is 3.08. The van der Waals surface area contributed by atoms with Gasteiger partial charge < -0.3 is 4.74 Å². The Bertz CT molecular complexity index is 141. The SMILES string of the molecule is CC.COC(=O)[C@@H]1CCCN1P. The van der Waals surface area contributed by atoms with E-state index in [1.54, 1.807) is 0 Å². The molecule has 1 aliphatic rings. The molecule has 1 heterocycles. The van der Waals surface area contributed by atoms with E-state index < -0.39 is 0 Å². The molecule has 1 unspecified atom stereocenters. The summed E-state index contributed by atoms with van der Waals surface area (Å²) in [5.41, 5.74) is 0. The minimum atomic E-state index is -0.118. The second-order valence-electron chi connectivity index (χ2n) is 2.42. The number of esters is 1. The van der Waals surface area contributed by atoms with Crippen LogP contribution < -0.4 is 0 Å². The highest BCUT2D eigenvalue weighted by molar-refractivity contribution is 7.13. The Morgan fingerprint density at radius 2 is 2.17 bits per heavy atom. The van der Waals surface area contributed by atoms with Gasteiger partial charge in [-0.3, -0.25) is 9.46 Å². The number of nitrogens with zero attached hydrogens (tertiary/aromatic N) is 1. The van der Waals surface area contributed by atoms with Crippen LogP contribution in [0.4, 0.5) is 0 Å². The lowest BCUT2D eigenvalue weighted by Crippen LogP contribution is -2.29. The maximum Gasteiger partial charge on any atom is 0.323 e. The van der Waals surface area contributed by atoms with Gasteiger partial charge in [0.05, 0.1) is 7.11 Å². The van der Waals surface area contributed by atoms with Crippen molar-refractivity contribution < 1.29 is 9.53 Å². The number of carbonyl (C=O) groups excluding carboxylic acids is 1. The van der Waals surface area contributed by atoms with Crippen molar-refractivity contribution in [3.05, 3.63) is 0 Å². The lowest BCUT2D eigenvalue weighted by molar-refractivity contribution is -0.144. The Labute approximate surface area is 76.7 Å². The van der Waals surface area contributed by atoms with E-state index in [-0.39, 0.29) is 12.0 Å². The number of hydrogen-bond acceptors (Lipinski definition) is 3. The first kappa shape index (κ1) is 11.9. The maximum atomic E-state index is 10.9. The second-order valence-corrected chi connectivity index (χ2v) is 3.08. The molecule has 0 saturated carbocycles. The molecular weight excluding hydrogens is 173 g/mol. The molecule has 0 N–H and O–H groups in total. The summed E-state index contributed by atoms with van der Waals surface area (Å²) >= 11 is 0. The molecule has 72 valence electrons. The van der Waals surface area contributed by atoms with Crippen molar-refractivity contribution in [2.24, 2.45) is 0 Å². The Kier molecular flexibility index (Phi) is 6.31. The fourth-order valence-corrected chi connectivity index (χ4v) is 1.63. The van der Waals surface area contributed by atoms with E-state index in [2.05, 4.69) is 14.1 Å². The number of methoxy groups -OCH3 is 1. The smallest absolute Gasteiger partial charge is 0.323 e.